The number of ether oxygens (including phenoxy) is 3. The van der Waals surface area contributed by atoms with Gasteiger partial charge in [-0.2, -0.15) is 0 Å². The van der Waals surface area contributed by atoms with E-state index in [4.69, 9.17) is 25.8 Å². The Hall–Kier alpha value is -1.63. The van der Waals surface area contributed by atoms with Crippen LogP contribution in [0.15, 0.2) is 42.5 Å². The van der Waals surface area contributed by atoms with Gasteiger partial charge >= 0.3 is 0 Å². The van der Waals surface area contributed by atoms with E-state index >= 15 is 0 Å². The molecular weight excluding hydrogens is 428 g/mol. The number of aliphatic hydroxyl groups excluding tert-OH is 2. The first-order valence-corrected chi connectivity index (χ1v) is 11.8. The maximum absolute atomic E-state index is 10.3. The minimum Gasteiger partial charge on any atom is -0.491 e. The molecule has 2 N–H and O–H groups in total. The van der Waals surface area contributed by atoms with Gasteiger partial charge in [0, 0.05) is 17.9 Å². The maximum atomic E-state index is 10.3. The predicted octanol–water partition coefficient (Wildman–Crippen LogP) is 5.09. The Kier molecular flexibility index (Phi) is 8.97. The van der Waals surface area contributed by atoms with E-state index in [1.807, 2.05) is 49.4 Å². The van der Waals surface area contributed by atoms with Crippen molar-refractivity contribution in [1.82, 2.24) is 0 Å². The van der Waals surface area contributed by atoms with Gasteiger partial charge in [-0.15, -0.1) is 0 Å². The lowest BCUT2D eigenvalue weighted by atomic mass is 9.88. The fraction of sp³-hybridized carbons (Fsp3) is 0.538. The monoisotopic (exact) mass is 462 g/mol. The highest BCUT2D eigenvalue weighted by Gasteiger charge is 2.37. The molecule has 0 radical (unpaired) electrons. The highest BCUT2D eigenvalue weighted by molar-refractivity contribution is 6.31. The summed E-state index contributed by atoms with van der Waals surface area (Å²) in [6, 6.07) is 13.9. The van der Waals surface area contributed by atoms with Crippen LogP contribution in [0.1, 0.15) is 62.8 Å². The highest BCUT2D eigenvalue weighted by Crippen LogP contribution is 2.38. The van der Waals surface area contributed by atoms with Gasteiger partial charge in [0.25, 0.3) is 0 Å². The van der Waals surface area contributed by atoms with E-state index in [1.165, 1.54) is 0 Å². The average Bonchev–Trinajstić information content (AvgIpc) is 2.78. The van der Waals surface area contributed by atoms with Crippen molar-refractivity contribution in [1.29, 1.82) is 0 Å². The Labute approximate surface area is 196 Å². The van der Waals surface area contributed by atoms with Crippen LogP contribution in [0.5, 0.6) is 5.75 Å². The van der Waals surface area contributed by atoms with Gasteiger partial charge in [0.05, 0.1) is 37.1 Å². The predicted molar refractivity (Wildman–Crippen MR) is 126 cm³/mol. The van der Waals surface area contributed by atoms with E-state index in [2.05, 4.69) is 13.8 Å². The van der Waals surface area contributed by atoms with E-state index in [1.54, 1.807) is 0 Å². The van der Waals surface area contributed by atoms with Gasteiger partial charge in [-0.25, -0.2) is 0 Å². The first-order valence-electron chi connectivity index (χ1n) is 11.4. The molecule has 2 aromatic rings. The van der Waals surface area contributed by atoms with Crippen molar-refractivity contribution in [2.24, 2.45) is 0 Å². The molecule has 5 nitrogen and oxygen atoms in total. The lowest BCUT2D eigenvalue weighted by Gasteiger charge is -2.40. The molecule has 1 aliphatic heterocycles. The van der Waals surface area contributed by atoms with Crippen LogP contribution < -0.4 is 4.74 Å². The highest BCUT2D eigenvalue weighted by atomic mass is 35.5. The van der Waals surface area contributed by atoms with Crippen molar-refractivity contribution in [3.63, 3.8) is 0 Å². The normalized spacial score (nSPS) is 24.3. The zero-order valence-corrected chi connectivity index (χ0v) is 20.0. The molecule has 0 saturated carbocycles. The van der Waals surface area contributed by atoms with Crippen molar-refractivity contribution in [3.05, 3.63) is 64.2 Å². The van der Waals surface area contributed by atoms with E-state index < -0.39 is 11.7 Å². The number of rotatable bonds is 10. The van der Waals surface area contributed by atoms with Gasteiger partial charge in [-0.3, -0.25) is 0 Å². The second-order valence-electron chi connectivity index (χ2n) is 8.92. The third-order valence-electron chi connectivity index (χ3n) is 6.00. The molecular formula is C26H35ClO5. The van der Waals surface area contributed by atoms with Crippen LogP contribution in [0.2, 0.25) is 5.02 Å². The van der Waals surface area contributed by atoms with Crippen molar-refractivity contribution >= 4 is 11.6 Å². The lowest BCUT2D eigenvalue weighted by molar-refractivity contribution is -0.172. The number of hydrogen-bond acceptors (Lipinski definition) is 5. The number of aliphatic hydroxyl groups is 2. The summed E-state index contributed by atoms with van der Waals surface area (Å²) in [6.07, 6.45) is 2.07. The number of hydrogen-bond donors (Lipinski definition) is 2. The Bertz CT molecular complexity index is 856. The SMILES string of the molecule is CCC(C)OCCOc1ccc(Cc2cc([C@H]3C[C@@H](O)C[C@](C)(CO)O3)ccc2Cl)cc1. The van der Waals surface area contributed by atoms with E-state index in [0.29, 0.717) is 37.5 Å². The Morgan fingerprint density at radius 3 is 2.62 bits per heavy atom. The standard InChI is InChI=1S/C26H35ClO5/c1-4-18(2)30-11-12-31-23-8-5-19(6-9-23)13-21-14-20(7-10-24(21)27)25-15-22(29)16-26(3,17-28)32-25/h5-10,14,18,22,25,28-29H,4,11-13,15-17H2,1-3H3/t18?,22-,25-,26-/m1/s1. The molecule has 3 rings (SSSR count). The number of halogens is 1. The quantitative estimate of drug-likeness (QED) is 0.481. The molecule has 2 aromatic carbocycles. The summed E-state index contributed by atoms with van der Waals surface area (Å²) in [4.78, 5) is 0. The van der Waals surface area contributed by atoms with Crippen LogP contribution >= 0.6 is 11.6 Å². The van der Waals surface area contributed by atoms with Crippen molar-refractivity contribution in [2.45, 2.75) is 70.4 Å². The number of benzene rings is 2. The fourth-order valence-corrected chi connectivity index (χ4v) is 4.14. The van der Waals surface area contributed by atoms with Crippen LogP contribution in [0.25, 0.3) is 0 Å². The molecule has 0 spiro atoms. The summed E-state index contributed by atoms with van der Waals surface area (Å²) in [5, 5.41) is 20.6. The minimum absolute atomic E-state index is 0.126. The second-order valence-corrected chi connectivity index (χ2v) is 9.33. The van der Waals surface area contributed by atoms with E-state index in [9.17, 15) is 10.2 Å². The maximum Gasteiger partial charge on any atom is 0.119 e. The summed E-state index contributed by atoms with van der Waals surface area (Å²) in [5.41, 5.74) is 2.34. The van der Waals surface area contributed by atoms with Crippen LogP contribution in [-0.2, 0) is 15.9 Å². The van der Waals surface area contributed by atoms with Gasteiger partial charge in [0.15, 0.2) is 0 Å². The van der Waals surface area contributed by atoms with Crippen molar-refractivity contribution in [2.75, 3.05) is 19.8 Å². The molecule has 0 amide bonds. The van der Waals surface area contributed by atoms with Crippen LogP contribution in [0.4, 0.5) is 0 Å². The van der Waals surface area contributed by atoms with Crippen LogP contribution in [0.3, 0.4) is 0 Å². The molecule has 1 unspecified atom stereocenters. The average molecular weight is 463 g/mol. The fourth-order valence-electron chi connectivity index (χ4n) is 3.96. The summed E-state index contributed by atoms with van der Waals surface area (Å²) in [5.74, 6) is 0.814. The van der Waals surface area contributed by atoms with Gasteiger partial charge in [-0.1, -0.05) is 42.8 Å². The Balaban J connectivity index is 1.62. The molecule has 1 fully saturated rings. The topological polar surface area (TPSA) is 68.2 Å². The molecule has 1 heterocycles. The summed E-state index contributed by atoms with van der Waals surface area (Å²) in [6.45, 7) is 6.97. The van der Waals surface area contributed by atoms with Gasteiger partial charge in [-0.05, 0) is 61.6 Å². The minimum atomic E-state index is -0.739. The second kappa shape index (κ2) is 11.5. The van der Waals surface area contributed by atoms with Crippen molar-refractivity contribution in [3.8, 4) is 5.75 Å². The van der Waals surface area contributed by atoms with Crippen LogP contribution in [-0.4, -0.2) is 47.8 Å². The molecule has 0 aliphatic carbocycles. The van der Waals surface area contributed by atoms with Crippen LogP contribution in [0, 0.1) is 0 Å². The largest absolute Gasteiger partial charge is 0.491 e. The van der Waals surface area contributed by atoms with E-state index in [-0.39, 0.29) is 18.8 Å². The molecule has 0 bridgehead atoms. The van der Waals surface area contributed by atoms with Crippen molar-refractivity contribution < 1.29 is 24.4 Å². The molecule has 6 heteroatoms. The third kappa shape index (κ3) is 6.93. The Morgan fingerprint density at radius 1 is 1.19 bits per heavy atom. The molecule has 176 valence electrons. The summed E-state index contributed by atoms with van der Waals surface area (Å²) in [7, 11) is 0. The third-order valence-corrected chi connectivity index (χ3v) is 6.37. The Morgan fingerprint density at radius 2 is 1.94 bits per heavy atom. The van der Waals surface area contributed by atoms with Gasteiger partial charge in [0.2, 0.25) is 0 Å². The van der Waals surface area contributed by atoms with Gasteiger partial charge in [0.1, 0.15) is 12.4 Å². The first kappa shape index (κ1) is 25.0. The molecule has 4 atom stereocenters. The molecule has 0 aromatic heterocycles. The summed E-state index contributed by atoms with van der Waals surface area (Å²) < 4.78 is 17.5. The summed E-state index contributed by atoms with van der Waals surface area (Å²) >= 11 is 6.48. The van der Waals surface area contributed by atoms with Gasteiger partial charge < -0.3 is 24.4 Å². The van der Waals surface area contributed by atoms with E-state index in [0.717, 1.165) is 28.9 Å². The zero-order chi connectivity index (χ0) is 23.1. The molecule has 1 aliphatic rings. The molecule has 1 saturated heterocycles. The zero-order valence-electron chi connectivity index (χ0n) is 19.2. The first-order chi connectivity index (χ1) is 15.3. The lowest BCUT2D eigenvalue weighted by Crippen LogP contribution is -2.43. The smallest absolute Gasteiger partial charge is 0.119 e. The molecule has 32 heavy (non-hydrogen) atoms.